The first-order chi connectivity index (χ1) is 6.25. The first-order valence-corrected chi connectivity index (χ1v) is 4.90. The lowest BCUT2D eigenvalue weighted by atomic mass is 10.1. The van der Waals surface area contributed by atoms with E-state index < -0.39 is 0 Å². The van der Waals surface area contributed by atoms with E-state index in [9.17, 15) is 5.11 Å². The summed E-state index contributed by atoms with van der Waals surface area (Å²) in [6, 6.07) is 0. The normalized spacial score (nSPS) is 13.2. The summed E-state index contributed by atoms with van der Waals surface area (Å²) in [5.74, 6) is 0. The average molecular weight is 182 g/mol. The lowest BCUT2D eigenvalue weighted by molar-refractivity contribution is 0.155. The average Bonchev–Trinajstić information content (AvgIpc) is 2.52. The molecule has 1 aromatic heterocycles. The SMILES string of the molecule is CCCCCC(O)c1cncn1C. The summed E-state index contributed by atoms with van der Waals surface area (Å²) in [5, 5.41) is 9.76. The van der Waals surface area contributed by atoms with Crippen LogP contribution in [0.5, 0.6) is 0 Å². The zero-order valence-corrected chi connectivity index (χ0v) is 8.40. The van der Waals surface area contributed by atoms with Gasteiger partial charge in [0, 0.05) is 7.05 Å². The van der Waals surface area contributed by atoms with Gasteiger partial charge in [-0.3, -0.25) is 0 Å². The van der Waals surface area contributed by atoms with Gasteiger partial charge in [0.25, 0.3) is 0 Å². The van der Waals surface area contributed by atoms with Crippen molar-refractivity contribution in [3.63, 3.8) is 0 Å². The summed E-state index contributed by atoms with van der Waals surface area (Å²) in [6.45, 7) is 2.16. The molecule has 3 nitrogen and oxygen atoms in total. The highest BCUT2D eigenvalue weighted by Crippen LogP contribution is 2.18. The molecule has 0 saturated heterocycles. The van der Waals surface area contributed by atoms with E-state index >= 15 is 0 Å². The Bertz CT molecular complexity index is 245. The zero-order chi connectivity index (χ0) is 9.68. The maximum atomic E-state index is 9.76. The zero-order valence-electron chi connectivity index (χ0n) is 8.40. The van der Waals surface area contributed by atoms with Gasteiger partial charge < -0.3 is 9.67 Å². The molecule has 1 N–H and O–H groups in total. The van der Waals surface area contributed by atoms with E-state index in [1.165, 1.54) is 12.8 Å². The van der Waals surface area contributed by atoms with Crippen molar-refractivity contribution in [3.8, 4) is 0 Å². The molecule has 1 aromatic rings. The fourth-order valence-electron chi connectivity index (χ4n) is 1.42. The molecule has 0 bridgehead atoms. The van der Waals surface area contributed by atoms with Crippen LogP contribution < -0.4 is 0 Å². The molecule has 0 saturated carbocycles. The largest absolute Gasteiger partial charge is 0.387 e. The number of aliphatic hydroxyl groups is 1. The fourth-order valence-corrected chi connectivity index (χ4v) is 1.42. The van der Waals surface area contributed by atoms with E-state index in [4.69, 9.17) is 0 Å². The van der Waals surface area contributed by atoms with Crippen LogP contribution in [0.1, 0.15) is 44.4 Å². The minimum atomic E-state index is -0.348. The molecule has 0 aliphatic heterocycles. The van der Waals surface area contributed by atoms with Crippen LogP contribution in [0.25, 0.3) is 0 Å². The van der Waals surface area contributed by atoms with Crippen LogP contribution in [-0.4, -0.2) is 14.7 Å². The molecule has 0 aromatic carbocycles. The third-order valence-electron chi connectivity index (χ3n) is 2.28. The first-order valence-electron chi connectivity index (χ1n) is 4.90. The van der Waals surface area contributed by atoms with Gasteiger partial charge in [0.2, 0.25) is 0 Å². The van der Waals surface area contributed by atoms with E-state index in [0.29, 0.717) is 0 Å². The highest BCUT2D eigenvalue weighted by atomic mass is 16.3. The summed E-state index contributed by atoms with van der Waals surface area (Å²) < 4.78 is 1.87. The molecule has 1 unspecified atom stereocenters. The smallest absolute Gasteiger partial charge is 0.0955 e. The summed E-state index contributed by atoms with van der Waals surface area (Å²) in [5.41, 5.74) is 0.913. The monoisotopic (exact) mass is 182 g/mol. The van der Waals surface area contributed by atoms with Crippen LogP contribution in [0.4, 0.5) is 0 Å². The molecule has 1 heterocycles. The van der Waals surface area contributed by atoms with Gasteiger partial charge in [-0.1, -0.05) is 26.2 Å². The second kappa shape index (κ2) is 5.02. The van der Waals surface area contributed by atoms with E-state index in [2.05, 4.69) is 11.9 Å². The third kappa shape index (κ3) is 2.84. The Morgan fingerprint density at radius 3 is 2.85 bits per heavy atom. The van der Waals surface area contributed by atoms with Gasteiger partial charge in [-0.15, -0.1) is 0 Å². The number of hydrogen-bond acceptors (Lipinski definition) is 2. The Hall–Kier alpha value is -0.830. The molecule has 13 heavy (non-hydrogen) atoms. The van der Waals surface area contributed by atoms with Crippen molar-refractivity contribution in [2.75, 3.05) is 0 Å². The molecule has 0 spiro atoms. The fraction of sp³-hybridized carbons (Fsp3) is 0.700. The van der Waals surface area contributed by atoms with Crippen LogP contribution >= 0.6 is 0 Å². The van der Waals surface area contributed by atoms with Gasteiger partial charge in [-0.05, 0) is 6.42 Å². The molecule has 0 aliphatic rings. The molecule has 0 radical (unpaired) electrons. The predicted octanol–water partition coefficient (Wildman–Crippen LogP) is 2.03. The van der Waals surface area contributed by atoms with Gasteiger partial charge >= 0.3 is 0 Å². The summed E-state index contributed by atoms with van der Waals surface area (Å²) >= 11 is 0. The molecule has 0 aliphatic carbocycles. The predicted molar refractivity (Wildman–Crippen MR) is 52.3 cm³/mol. The number of imidazole rings is 1. The van der Waals surface area contributed by atoms with Crippen molar-refractivity contribution < 1.29 is 5.11 Å². The number of unbranched alkanes of at least 4 members (excludes halogenated alkanes) is 2. The van der Waals surface area contributed by atoms with Crippen LogP contribution in [-0.2, 0) is 7.05 Å². The van der Waals surface area contributed by atoms with Gasteiger partial charge in [0.1, 0.15) is 0 Å². The van der Waals surface area contributed by atoms with Gasteiger partial charge in [0.05, 0.1) is 24.3 Å². The van der Waals surface area contributed by atoms with Crippen LogP contribution in [0.3, 0.4) is 0 Å². The minimum absolute atomic E-state index is 0.348. The molecule has 3 heteroatoms. The number of hydrogen-bond donors (Lipinski definition) is 1. The number of rotatable bonds is 5. The Morgan fingerprint density at radius 2 is 2.31 bits per heavy atom. The van der Waals surface area contributed by atoms with E-state index in [0.717, 1.165) is 18.5 Å². The van der Waals surface area contributed by atoms with E-state index in [1.54, 1.807) is 12.5 Å². The highest BCUT2D eigenvalue weighted by molar-refractivity contribution is 5.01. The Morgan fingerprint density at radius 1 is 1.54 bits per heavy atom. The maximum Gasteiger partial charge on any atom is 0.0955 e. The molecular formula is C10H18N2O. The van der Waals surface area contributed by atoms with Gasteiger partial charge in [-0.25, -0.2) is 4.98 Å². The Labute approximate surface area is 79.4 Å². The molecule has 0 amide bonds. The second-order valence-corrected chi connectivity index (χ2v) is 3.44. The molecule has 74 valence electrons. The van der Waals surface area contributed by atoms with Crippen molar-refractivity contribution >= 4 is 0 Å². The molecular weight excluding hydrogens is 164 g/mol. The molecule has 1 atom stereocenters. The lowest BCUT2D eigenvalue weighted by Crippen LogP contribution is -2.03. The van der Waals surface area contributed by atoms with Crippen LogP contribution in [0.2, 0.25) is 0 Å². The Kier molecular flexibility index (Phi) is 3.96. The quantitative estimate of drug-likeness (QED) is 0.707. The summed E-state index contributed by atoms with van der Waals surface area (Å²) in [6.07, 6.45) is 7.41. The van der Waals surface area contributed by atoms with Crippen molar-refractivity contribution in [2.45, 2.75) is 38.7 Å². The van der Waals surface area contributed by atoms with Crippen LogP contribution in [0, 0.1) is 0 Å². The maximum absolute atomic E-state index is 9.76. The van der Waals surface area contributed by atoms with Crippen LogP contribution in [0.15, 0.2) is 12.5 Å². The standard InChI is InChI=1S/C10H18N2O/c1-3-4-5-6-10(13)9-7-11-8-12(9)2/h7-8,10,13H,3-6H2,1-2H3. The first kappa shape index (κ1) is 10.3. The lowest BCUT2D eigenvalue weighted by Gasteiger charge is -2.10. The van der Waals surface area contributed by atoms with Crippen molar-refractivity contribution in [2.24, 2.45) is 7.05 Å². The van der Waals surface area contributed by atoms with Gasteiger partial charge in [0.15, 0.2) is 0 Å². The van der Waals surface area contributed by atoms with Crippen molar-refractivity contribution in [3.05, 3.63) is 18.2 Å². The summed E-state index contributed by atoms with van der Waals surface area (Å²) in [7, 11) is 1.91. The van der Waals surface area contributed by atoms with E-state index in [-0.39, 0.29) is 6.10 Å². The molecule has 1 rings (SSSR count). The number of aromatic nitrogens is 2. The second-order valence-electron chi connectivity index (χ2n) is 3.44. The number of aryl methyl sites for hydroxylation is 1. The van der Waals surface area contributed by atoms with Crippen molar-refractivity contribution in [1.29, 1.82) is 0 Å². The Balaban J connectivity index is 2.39. The summed E-state index contributed by atoms with van der Waals surface area (Å²) in [4.78, 5) is 3.97. The topological polar surface area (TPSA) is 38.1 Å². The third-order valence-corrected chi connectivity index (χ3v) is 2.28. The minimum Gasteiger partial charge on any atom is -0.387 e. The molecule has 0 fully saturated rings. The van der Waals surface area contributed by atoms with Crippen molar-refractivity contribution in [1.82, 2.24) is 9.55 Å². The highest BCUT2D eigenvalue weighted by Gasteiger charge is 2.09. The van der Waals surface area contributed by atoms with Gasteiger partial charge in [-0.2, -0.15) is 0 Å². The number of nitrogens with zero attached hydrogens (tertiary/aromatic N) is 2. The van der Waals surface area contributed by atoms with E-state index in [1.807, 2.05) is 11.6 Å². The number of aliphatic hydroxyl groups excluding tert-OH is 1.